The summed E-state index contributed by atoms with van der Waals surface area (Å²) in [7, 11) is 0. The fourth-order valence-corrected chi connectivity index (χ4v) is 1.50. The summed E-state index contributed by atoms with van der Waals surface area (Å²) in [5.41, 5.74) is 0.886. The molecule has 0 bridgehead atoms. The number of carbonyl (C=O) groups excluding carboxylic acids is 2. The summed E-state index contributed by atoms with van der Waals surface area (Å²) < 4.78 is 0. The molecule has 0 amide bonds. The maximum Gasteiger partial charge on any atom is 0.160 e. The Bertz CT molecular complexity index is 299. The molecule has 1 aromatic rings. The number of hydrogen-bond donors (Lipinski definition) is 0. The Balaban J connectivity index is 2.73. The summed E-state index contributed by atoms with van der Waals surface area (Å²) in [4.78, 5) is 21.1. The Kier molecular flexibility index (Phi) is 3.41. The third-order valence-corrected chi connectivity index (χ3v) is 2.22. The molecule has 0 N–H and O–H groups in total. The predicted molar refractivity (Wildman–Crippen MR) is 49.4 cm³/mol. The van der Waals surface area contributed by atoms with E-state index in [1.807, 2.05) is 11.4 Å². The van der Waals surface area contributed by atoms with Gasteiger partial charge in [-0.3, -0.25) is 4.79 Å². The molecule has 0 aromatic carbocycles. The van der Waals surface area contributed by atoms with Crippen molar-refractivity contribution >= 4 is 30.0 Å². The van der Waals surface area contributed by atoms with Gasteiger partial charge in [-0.15, -0.1) is 11.3 Å². The molecule has 62 valence electrons. The van der Waals surface area contributed by atoms with Crippen molar-refractivity contribution in [1.29, 1.82) is 0 Å². The maximum atomic E-state index is 10.4. The summed E-state index contributed by atoms with van der Waals surface area (Å²) in [6, 6.07) is 1.86. The van der Waals surface area contributed by atoms with Crippen LogP contribution in [0.2, 0.25) is 0 Å². The lowest BCUT2D eigenvalue weighted by atomic mass is 10.2. The molecule has 0 radical (unpaired) electrons. The molecule has 2 nitrogen and oxygen atoms in total. The Labute approximate surface area is 74.5 Å². The molecule has 0 fully saturated rings. The van der Waals surface area contributed by atoms with Crippen LogP contribution in [0.5, 0.6) is 0 Å². The highest BCUT2D eigenvalue weighted by molar-refractivity contribution is 7.11. The van der Waals surface area contributed by atoms with Gasteiger partial charge < -0.3 is 4.79 Å². The van der Waals surface area contributed by atoms with E-state index in [2.05, 4.69) is 0 Å². The van der Waals surface area contributed by atoms with Gasteiger partial charge in [0.15, 0.2) is 6.29 Å². The molecule has 3 heteroatoms. The monoisotopic (exact) mass is 180 g/mol. The third-order valence-electron chi connectivity index (χ3n) is 1.36. The topological polar surface area (TPSA) is 34.1 Å². The van der Waals surface area contributed by atoms with Crippen LogP contribution in [-0.2, 0) is 4.79 Å². The molecule has 0 aliphatic heterocycles. The highest BCUT2D eigenvalue weighted by Gasteiger charge is 1.97. The van der Waals surface area contributed by atoms with Crippen LogP contribution in [0.25, 0.3) is 6.08 Å². The summed E-state index contributed by atoms with van der Waals surface area (Å²) >= 11 is 1.40. The molecule has 0 saturated heterocycles. The largest absolute Gasteiger partial charge is 0.303 e. The van der Waals surface area contributed by atoms with E-state index < -0.39 is 0 Å². The Morgan fingerprint density at radius 3 is 2.92 bits per heavy atom. The van der Waals surface area contributed by atoms with Crippen LogP contribution in [-0.4, -0.2) is 12.6 Å². The molecule has 0 aliphatic carbocycles. The minimum absolute atomic E-state index is 0.397. The van der Waals surface area contributed by atoms with Gasteiger partial charge >= 0.3 is 0 Å². The van der Waals surface area contributed by atoms with Crippen molar-refractivity contribution in [3.8, 4) is 0 Å². The standard InChI is InChI=1S/C9H8O2S/c10-5-2-1-3-8-4-6-12-9(8)7-11/h1,3-7H,2H2. The lowest BCUT2D eigenvalue weighted by Crippen LogP contribution is -1.75. The minimum Gasteiger partial charge on any atom is -0.303 e. The van der Waals surface area contributed by atoms with E-state index in [1.54, 1.807) is 12.2 Å². The SMILES string of the molecule is O=CCC=Cc1ccsc1C=O. The van der Waals surface area contributed by atoms with Gasteiger partial charge in [0.05, 0.1) is 4.88 Å². The van der Waals surface area contributed by atoms with E-state index in [0.29, 0.717) is 11.3 Å². The molecular weight excluding hydrogens is 172 g/mol. The van der Waals surface area contributed by atoms with Gasteiger partial charge in [0, 0.05) is 6.42 Å². The lowest BCUT2D eigenvalue weighted by Gasteiger charge is -1.85. The number of rotatable bonds is 4. The fraction of sp³-hybridized carbons (Fsp3) is 0.111. The highest BCUT2D eigenvalue weighted by Crippen LogP contribution is 2.15. The lowest BCUT2D eigenvalue weighted by molar-refractivity contribution is -0.107. The van der Waals surface area contributed by atoms with Crippen molar-refractivity contribution in [3.63, 3.8) is 0 Å². The van der Waals surface area contributed by atoms with Crippen molar-refractivity contribution in [1.82, 2.24) is 0 Å². The zero-order valence-electron chi connectivity index (χ0n) is 6.40. The first-order valence-corrected chi connectivity index (χ1v) is 4.39. The molecule has 0 saturated carbocycles. The van der Waals surface area contributed by atoms with Gasteiger partial charge in [0.2, 0.25) is 0 Å². The van der Waals surface area contributed by atoms with Crippen LogP contribution in [0.1, 0.15) is 21.7 Å². The van der Waals surface area contributed by atoms with E-state index in [4.69, 9.17) is 0 Å². The van der Waals surface area contributed by atoms with Gasteiger partial charge in [-0.1, -0.05) is 12.2 Å². The van der Waals surface area contributed by atoms with Crippen molar-refractivity contribution in [2.24, 2.45) is 0 Å². The molecule has 1 rings (SSSR count). The first-order valence-electron chi connectivity index (χ1n) is 3.51. The van der Waals surface area contributed by atoms with E-state index in [-0.39, 0.29) is 0 Å². The zero-order chi connectivity index (χ0) is 8.81. The predicted octanol–water partition coefficient (Wildman–Crippen LogP) is 2.16. The second-order valence-corrected chi connectivity index (χ2v) is 3.11. The second-order valence-electron chi connectivity index (χ2n) is 2.16. The van der Waals surface area contributed by atoms with Crippen LogP contribution < -0.4 is 0 Å². The van der Waals surface area contributed by atoms with E-state index in [1.165, 1.54) is 11.3 Å². The van der Waals surface area contributed by atoms with Crippen LogP contribution in [0.15, 0.2) is 17.5 Å². The molecule has 0 atom stereocenters. The Hall–Kier alpha value is -1.22. The van der Waals surface area contributed by atoms with Gasteiger partial charge in [-0.05, 0) is 17.0 Å². The highest BCUT2D eigenvalue weighted by atomic mass is 32.1. The van der Waals surface area contributed by atoms with Crippen LogP contribution in [0.3, 0.4) is 0 Å². The third kappa shape index (κ3) is 2.13. The number of aldehydes is 2. The first kappa shape index (κ1) is 8.87. The van der Waals surface area contributed by atoms with Crippen molar-refractivity contribution < 1.29 is 9.59 Å². The summed E-state index contributed by atoms with van der Waals surface area (Å²) in [5.74, 6) is 0. The minimum atomic E-state index is 0.397. The number of allylic oxidation sites excluding steroid dienone is 1. The number of thiophene rings is 1. The first-order chi connectivity index (χ1) is 5.88. The average Bonchev–Trinajstić information content (AvgIpc) is 2.52. The molecule has 1 heterocycles. The molecule has 12 heavy (non-hydrogen) atoms. The smallest absolute Gasteiger partial charge is 0.160 e. The average molecular weight is 180 g/mol. The number of carbonyl (C=O) groups is 2. The van der Waals surface area contributed by atoms with Crippen LogP contribution in [0.4, 0.5) is 0 Å². The van der Waals surface area contributed by atoms with Gasteiger partial charge in [-0.2, -0.15) is 0 Å². The summed E-state index contributed by atoms with van der Waals surface area (Å²) in [6.45, 7) is 0. The summed E-state index contributed by atoms with van der Waals surface area (Å²) in [6.07, 6.45) is 5.57. The maximum absolute atomic E-state index is 10.4. The Morgan fingerprint density at radius 1 is 1.42 bits per heavy atom. The van der Waals surface area contributed by atoms with E-state index in [9.17, 15) is 9.59 Å². The van der Waals surface area contributed by atoms with Crippen LogP contribution >= 0.6 is 11.3 Å². The van der Waals surface area contributed by atoms with Gasteiger partial charge in [0.1, 0.15) is 6.29 Å². The fourth-order valence-electron chi connectivity index (χ4n) is 0.815. The van der Waals surface area contributed by atoms with Crippen LogP contribution in [0, 0.1) is 0 Å². The van der Waals surface area contributed by atoms with E-state index in [0.717, 1.165) is 18.1 Å². The zero-order valence-corrected chi connectivity index (χ0v) is 7.21. The molecular formula is C9H8O2S. The van der Waals surface area contributed by atoms with E-state index >= 15 is 0 Å². The normalized spacial score (nSPS) is 10.3. The molecule has 1 aromatic heterocycles. The molecule has 0 aliphatic rings. The van der Waals surface area contributed by atoms with Gasteiger partial charge in [0.25, 0.3) is 0 Å². The quantitative estimate of drug-likeness (QED) is 0.665. The van der Waals surface area contributed by atoms with Crippen molar-refractivity contribution in [3.05, 3.63) is 28.0 Å². The number of hydrogen-bond acceptors (Lipinski definition) is 3. The van der Waals surface area contributed by atoms with Crippen molar-refractivity contribution in [2.75, 3.05) is 0 Å². The molecule has 0 unspecified atom stereocenters. The second kappa shape index (κ2) is 4.62. The van der Waals surface area contributed by atoms with Gasteiger partial charge in [-0.25, -0.2) is 0 Å². The molecule has 0 spiro atoms. The Morgan fingerprint density at radius 2 is 2.25 bits per heavy atom. The summed E-state index contributed by atoms with van der Waals surface area (Å²) in [5, 5.41) is 1.85. The van der Waals surface area contributed by atoms with Crippen molar-refractivity contribution in [2.45, 2.75) is 6.42 Å².